The quantitative estimate of drug-likeness (QED) is 0.765. The van der Waals surface area contributed by atoms with Crippen LogP contribution in [0.2, 0.25) is 0 Å². The summed E-state index contributed by atoms with van der Waals surface area (Å²) < 4.78 is 1.77. The largest absolute Gasteiger partial charge is 0.321 e. The minimum atomic E-state index is -0.166. The molecule has 1 heterocycles. The van der Waals surface area contributed by atoms with Crippen molar-refractivity contribution in [2.45, 2.75) is 5.03 Å². The lowest BCUT2D eigenvalue weighted by Gasteiger charge is -2.09. The Labute approximate surface area is 132 Å². The first-order valence-corrected chi connectivity index (χ1v) is 8.18. The van der Waals surface area contributed by atoms with Crippen LogP contribution in [0.5, 0.6) is 0 Å². The third kappa shape index (κ3) is 3.58. The van der Waals surface area contributed by atoms with Crippen LogP contribution in [0.4, 0.5) is 5.69 Å². The molecule has 98 valence electrons. The lowest BCUT2D eigenvalue weighted by molar-refractivity contribution is 0.102. The van der Waals surface area contributed by atoms with Gasteiger partial charge in [0.05, 0.1) is 11.3 Å². The molecule has 0 aliphatic rings. The SMILES string of the molecule is CSc1ncccc1C(=O)Nc1ccc(Br)cc1Br. The average Bonchev–Trinajstić information content (AvgIpc) is 2.41. The number of rotatable bonds is 3. The molecule has 1 N–H and O–H groups in total. The van der Waals surface area contributed by atoms with E-state index in [0.717, 1.165) is 14.6 Å². The summed E-state index contributed by atoms with van der Waals surface area (Å²) in [5.74, 6) is -0.166. The normalized spacial score (nSPS) is 10.3. The summed E-state index contributed by atoms with van der Waals surface area (Å²) in [6, 6.07) is 9.11. The lowest BCUT2D eigenvalue weighted by Crippen LogP contribution is -2.13. The number of nitrogens with zero attached hydrogens (tertiary/aromatic N) is 1. The molecule has 0 unspecified atom stereocenters. The number of thioether (sulfide) groups is 1. The molecule has 3 nitrogen and oxygen atoms in total. The predicted octanol–water partition coefficient (Wildman–Crippen LogP) is 4.58. The highest BCUT2D eigenvalue weighted by Gasteiger charge is 2.13. The number of hydrogen-bond acceptors (Lipinski definition) is 3. The molecule has 0 bridgehead atoms. The molecule has 19 heavy (non-hydrogen) atoms. The Hall–Kier alpha value is -0.850. The summed E-state index contributed by atoms with van der Waals surface area (Å²) >= 11 is 8.24. The molecule has 2 aromatic rings. The van der Waals surface area contributed by atoms with Gasteiger partial charge in [0.25, 0.3) is 5.91 Å². The second-order valence-corrected chi connectivity index (χ2v) is 6.20. The second kappa shape index (κ2) is 6.54. The molecule has 0 radical (unpaired) electrons. The Kier molecular flexibility index (Phi) is 5.01. The van der Waals surface area contributed by atoms with Crippen molar-refractivity contribution in [1.82, 2.24) is 4.98 Å². The van der Waals surface area contributed by atoms with Crippen LogP contribution in [-0.4, -0.2) is 17.1 Å². The van der Waals surface area contributed by atoms with Gasteiger partial charge < -0.3 is 5.32 Å². The molecule has 0 saturated heterocycles. The number of amides is 1. The van der Waals surface area contributed by atoms with Crippen molar-refractivity contribution < 1.29 is 4.79 Å². The summed E-state index contributed by atoms with van der Waals surface area (Å²) in [6.45, 7) is 0. The molecule has 1 aromatic heterocycles. The maximum absolute atomic E-state index is 12.2. The van der Waals surface area contributed by atoms with Crippen molar-refractivity contribution in [3.8, 4) is 0 Å². The molecule has 0 aliphatic heterocycles. The van der Waals surface area contributed by atoms with Gasteiger partial charge in [-0.3, -0.25) is 4.79 Å². The van der Waals surface area contributed by atoms with Crippen LogP contribution in [0.1, 0.15) is 10.4 Å². The Bertz CT molecular complexity index is 619. The number of nitrogens with one attached hydrogen (secondary N) is 1. The number of hydrogen-bond donors (Lipinski definition) is 1. The van der Waals surface area contributed by atoms with Gasteiger partial charge in [0.1, 0.15) is 5.03 Å². The maximum atomic E-state index is 12.2. The van der Waals surface area contributed by atoms with Crippen molar-refractivity contribution in [1.29, 1.82) is 0 Å². The Balaban J connectivity index is 2.26. The van der Waals surface area contributed by atoms with Crippen LogP contribution in [0, 0.1) is 0 Å². The molecule has 0 spiro atoms. The smallest absolute Gasteiger partial charge is 0.258 e. The zero-order valence-electron chi connectivity index (χ0n) is 9.98. The molecule has 6 heteroatoms. The minimum Gasteiger partial charge on any atom is -0.321 e. The number of aromatic nitrogens is 1. The Morgan fingerprint density at radius 2 is 2.11 bits per heavy atom. The first-order chi connectivity index (χ1) is 9.11. The van der Waals surface area contributed by atoms with E-state index in [-0.39, 0.29) is 5.91 Å². The number of benzene rings is 1. The van der Waals surface area contributed by atoms with E-state index in [1.807, 2.05) is 24.5 Å². The number of carbonyl (C=O) groups is 1. The van der Waals surface area contributed by atoms with Crippen molar-refractivity contribution in [3.05, 3.63) is 51.0 Å². The molecule has 1 aromatic carbocycles. The number of anilines is 1. The highest BCUT2D eigenvalue weighted by molar-refractivity contribution is 9.11. The highest BCUT2D eigenvalue weighted by atomic mass is 79.9. The standard InChI is InChI=1S/C13H10Br2N2OS/c1-19-13-9(3-2-6-16-13)12(18)17-11-5-4-8(14)7-10(11)15/h2-7H,1H3,(H,17,18). The molecule has 0 fully saturated rings. The topological polar surface area (TPSA) is 42.0 Å². The van der Waals surface area contributed by atoms with Crippen molar-refractivity contribution in [2.75, 3.05) is 11.6 Å². The Morgan fingerprint density at radius 1 is 1.32 bits per heavy atom. The number of halogens is 2. The molecule has 0 atom stereocenters. The van der Waals surface area contributed by atoms with Crippen molar-refractivity contribution >= 4 is 55.2 Å². The van der Waals surface area contributed by atoms with Gasteiger partial charge >= 0.3 is 0 Å². The molecular weight excluding hydrogens is 392 g/mol. The van der Waals surface area contributed by atoms with Gasteiger partial charge in [0, 0.05) is 15.1 Å². The van der Waals surface area contributed by atoms with Crippen LogP contribution in [-0.2, 0) is 0 Å². The summed E-state index contributed by atoms with van der Waals surface area (Å²) in [4.78, 5) is 16.4. The van der Waals surface area contributed by atoms with E-state index in [0.29, 0.717) is 10.6 Å². The van der Waals surface area contributed by atoms with Crippen LogP contribution < -0.4 is 5.32 Å². The van der Waals surface area contributed by atoms with Gasteiger partial charge in [-0.05, 0) is 52.5 Å². The number of carbonyl (C=O) groups excluding carboxylic acids is 1. The van der Waals surface area contributed by atoms with Crippen molar-refractivity contribution in [2.24, 2.45) is 0 Å². The van der Waals surface area contributed by atoms with E-state index in [4.69, 9.17) is 0 Å². The van der Waals surface area contributed by atoms with E-state index in [9.17, 15) is 4.79 Å². The van der Waals surface area contributed by atoms with Gasteiger partial charge in [-0.2, -0.15) is 0 Å². The lowest BCUT2D eigenvalue weighted by atomic mass is 10.2. The van der Waals surface area contributed by atoms with E-state index in [1.165, 1.54) is 11.8 Å². The monoisotopic (exact) mass is 400 g/mol. The van der Waals surface area contributed by atoms with Crippen LogP contribution in [0.3, 0.4) is 0 Å². The second-order valence-electron chi connectivity index (χ2n) is 3.64. The third-order valence-electron chi connectivity index (χ3n) is 2.39. The average molecular weight is 402 g/mol. The third-order valence-corrected chi connectivity index (χ3v) is 4.25. The minimum absolute atomic E-state index is 0.166. The van der Waals surface area contributed by atoms with Crippen molar-refractivity contribution in [3.63, 3.8) is 0 Å². The van der Waals surface area contributed by atoms with E-state index < -0.39 is 0 Å². The predicted molar refractivity (Wildman–Crippen MR) is 85.8 cm³/mol. The first kappa shape index (κ1) is 14.6. The fourth-order valence-electron chi connectivity index (χ4n) is 1.51. The van der Waals surface area contributed by atoms with Gasteiger partial charge in [-0.1, -0.05) is 15.9 Å². The van der Waals surface area contributed by atoms with Gasteiger partial charge in [0.2, 0.25) is 0 Å². The molecule has 0 aliphatic carbocycles. The molecule has 0 saturated carbocycles. The van der Waals surface area contributed by atoms with E-state index >= 15 is 0 Å². The van der Waals surface area contributed by atoms with E-state index in [1.54, 1.807) is 18.3 Å². The van der Waals surface area contributed by atoms with Gasteiger partial charge in [0.15, 0.2) is 0 Å². The summed E-state index contributed by atoms with van der Waals surface area (Å²) in [5, 5.41) is 3.58. The maximum Gasteiger partial charge on any atom is 0.258 e. The zero-order valence-corrected chi connectivity index (χ0v) is 14.0. The summed E-state index contributed by atoms with van der Waals surface area (Å²) in [5.41, 5.74) is 1.30. The summed E-state index contributed by atoms with van der Waals surface area (Å²) in [6.07, 6.45) is 3.58. The molecule has 1 amide bonds. The molecule has 2 rings (SSSR count). The van der Waals surface area contributed by atoms with E-state index in [2.05, 4.69) is 42.2 Å². The fraction of sp³-hybridized carbons (Fsp3) is 0.0769. The van der Waals surface area contributed by atoms with Crippen LogP contribution >= 0.6 is 43.6 Å². The molecular formula is C13H10Br2N2OS. The fourth-order valence-corrected chi connectivity index (χ4v) is 3.20. The number of pyridine rings is 1. The van der Waals surface area contributed by atoms with Crippen LogP contribution in [0.25, 0.3) is 0 Å². The van der Waals surface area contributed by atoms with Gasteiger partial charge in [-0.15, -0.1) is 11.8 Å². The Morgan fingerprint density at radius 3 is 2.79 bits per heavy atom. The van der Waals surface area contributed by atoms with Crippen LogP contribution in [0.15, 0.2) is 50.5 Å². The first-order valence-electron chi connectivity index (χ1n) is 5.37. The summed E-state index contributed by atoms with van der Waals surface area (Å²) in [7, 11) is 0. The zero-order chi connectivity index (χ0) is 13.8. The highest BCUT2D eigenvalue weighted by Crippen LogP contribution is 2.27. The van der Waals surface area contributed by atoms with Gasteiger partial charge in [-0.25, -0.2) is 4.98 Å².